The van der Waals surface area contributed by atoms with Gasteiger partial charge in [-0.15, -0.1) is 0 Å². The quantitative estimate of drug-likeness (QED) is 0.831. The van der Waals surface area contributed by atoms with Gasteiger partial charge in [-0.2, -0.15) is 30.7 Å². The average molecular weight is 308 g/mol. The normalized spacial score (nSPS) is 15.2. The zero-order valence-electron chi connectivity index (χ0n) is 9.56. The molecule has 1 rings (SSSR count). The smallest absolute Gasteiger partial charge is 0.388 e. The van der Waals surface area contributed by atoms with E-state index in [0.717, 1.165) is 18.2 Å². The van der Waals surface area contributed by atoms with Crippen molar-refractivity contribution in [3.63, 3.8) is 0 Å². The van der Waals surface area contributed by atoms with Crippen molar-refractivity contribution in [1.82, 2.24) is 0 Å². The van der Waals surface area contributed by atoms with Gasteiger partial charge in [0.05, 0.1) is 6.10 Å². The molecule has 0 radical (unpaired) electrons. The molecule has 0 bridgehead atoms. The van der Waals surface area contributed by atoms with Crippen molar-refractivity contribution in [1.29, 1.82) is 0 Å². The van der Waals surface area contributed by atoms with Crippen LogP contribution in [0.1, 0.15) is 18.1 Å². The van der Waals surface area contributed by atoms with Gasteiger partial charge in [-0.1, -0.05) is 12.1 Å². The van der Waals surface area contributed by atoms with E-state index in [4.69, 9.17) is 0 Å². The summed E-state index contributed by atoms with van der Waals surface area (Å²) in [5.41, 5.74) is -0.525. The molecule has 0 aliphatic carbocycles. The van der Waals surface area contributed by atoms with Crippen LogP contribution in [-0.4, -0.2) is 23.1 Å². The Hall–Kier alpha value is -1.38. The molecule has 1 aromatic carbocycles. The van der Waals surface area contributed by atoms with Gasteiger partial charge >= 0.3 is 18.0 Å². The Balaban J connectivity index is 2.96. The molecule has 1 nitrogen and oxygen atoms in total. The van der Waals surface area contributed by atoms with Gasteiger partial charge in [-0.25, -0.2) is 4.39 Å². The minimum atomic E-state index is -6.46. The second-order valence-corrected chi connectivity index (χ2v) is 4.05. The number of aliphatic hydroxyl groups excluding tert-OH is 1. The molecule has 9 heteroatoms. The fraction of sp³-hybridized carbons (Fsp3) is 0.455. The van der Waals surface area contributed by atoms with Crippen molar-refractivity contribution < 1.29 is 40.2 Å². The van der Waals surface area contributed by atoms with Crippen molar-refractivity contribution in [3.05, 3.63) is 35.6 Å². The summed E-state index contributed by atoms with van der Waals surface area (Å²) in [6.07, 6.45) is -11.0. The Morgan fingerprint density at radius 3 is 2.00 bits per heavy atom. The molecule has 0 amide bonds. The van der Waals surface area contributed by atoms with E-state index in [9.17, 15) is 40.2 Å². The van der Waals surface area contributed by atoms with Crippen LogP contribution in [0.2, 0.25) is 0 Å². The summed E-state index contributed by atoms with van der Waals surface area (Å²) in [6, 6.07) is 3.37. The molecule has 0 aliphatic rings. The SMILES string of the molecule is OC(CC(F)(F)C(F)(F)C(F)(F)F)c1cccc(F)c1. The molecule has 0 aromatic heterocycles. The van der Waals surface area contributed by atoms with Gasteiger partial charge in [0, 0.05) is 6.42 Å². The van der Waals surface area contributed by atoms with Crippen LogP contribution in [0.25, 0.3) is 0 Å². The third-order valence-electron chi connectivity index (χ3n) is 2.50. The van der Waals surface area contributed by atoms with E-state index in [1.54, 1.807) is 0 Å². The largest absolute Gasteiger partial charge is 0.459 e. The predicted octanol–water partition coefficient (Wildman–Crippen LogP) is 4.08. The summed E-state index contributed by atoms with van der Waals surface area (Å²) in [4.78, 5) is 0. The Bertz CT molecular complexity index is 468. The van der Waals surface area contributed by atoms with Crippen molar-refractivity contribution in [2.24, 2.45) is 0 Å². The first-order valence-electron chi connectivity index (χ1n) is 5.14. The highest BCUT2D eigenvalue weighted by molar-refractivity contribution is 5.19. The molecule has 1 aromatic rings. The van der Waals surface area contributed by atoms with Gasteiger partial charge in [0.25, 0.3) is 0 Å². The summed E-state index contributed by atoms with van der Waals surface area (Å²) in [5.74, 6) is -12.8. The van der Waals surface area contributed by atoms with Crippen molar-refractivity contribution in [2.75, 3.05) is 0 Å². The minimum absolute atomic E-state index is 0.525. The summed E-state index contributed by atoms with van der Waals surface area (Å²) in [5, 5.41) is 9.26. The summed E-state index contributed by atoms with van der Waals surface area (Å²) < 4.78 is 99.6. The van der Waals surface area contributed by atoms with E-state index in [-0.39, 0.29) is 0 Å². The maximum atomic E-state index is 13.0. The second-order valence-electron chi connectivity index (χ2n) is 4.05. The summed E-state index contributed by atoms with van der Waals surface area (Å²) in [7, 11) is 0. The Morgan fingerprint density at radius 1 is 1.00 bits per heavy atom. The first kappa shape index (κ1) is 16.7. The second kappa shape index (κ2) is 5.19. The van der Waals surface area contributed by atoms with Gasteiger partial charge in [0.2, 0.25) is 0 Å². The first-order chi connectivity index (χ1) is 8.88. The molecular weight excluding hydrogens is 300 g/mol. The highest BCUT2D eigenvalue weighted by Gasteiger charge is 2.72. The molecule has 0 saturated heterocycles. The highest BCUT2D eigenvalue weighted by atomic mass is 19.4. The lowest BCUT2D eigenvalue weighted by Crippen LogP contribution is -2.52. The lowest BCUT2D eigenvalue weighted by atomic mass is 9.99. The van der Waals surface area contributed by atoms with E-state index < -0.39 is 41.9 Å². The fourth-order valence-corrected chi connectivity index (χ4v) is 1.41. The molecule has 20 heavy (non-hydrogen) atoms. The van der Waals surface area contributed by atoms with Crippen molar-refractivity contribution in [3.8, 4) is 0 Å². The van der Waals surface area contributed by atoms with E-state index in [1.165, 1.54) is 0 Å². The third kappa shape index (κ3) is 3.20. The van der Waals surface area contributed by atoms with Crippen LogP contribution in [0.4, 0.5) is 35.1 Å². The van der Waals surface area contributed by atoms with E-state index in [0.29, 0.717) is 6.07 Å². The van der Waals surface area contributed by atoms with Gasteiger partial charge in [0.15, 0.2) is 0 Å². The number of hydrogen-bond acceptors (Lipinski definition) is 1. The van der Waals surface area contributed by atoms with Crippen LogP contribution in [0.5, 0.6) is 0 Å². The van der Waals surface area contributed by atoms with Crippen LogP contribution < -0.4 is 0 Å². The summed E-state index contributed by atoms with van der Waals surface area (Å²) in [6.45, 7) is 0. The first-order valence-corrected chi connectivity index (χ1v) is 5.14. The van der Waals surface area contributed by atoms with E-state index in [1.807, 2.05) is 0 Å². The maximum absolute atomic E-state index is 13.0. The zero-order valence-corrected chi connectivity index (χ0v) is 9.56. The van der Waals surface area contributed by atoms with Crippen molar-refractivity contribution in [2.45, 2.75) is 30.5 Å². The number of rotatable bonds is 4. The molecule has 0 fully saturated rings. The maximum Gasteiger partial charge on any atom is 0.459 e. The zero-order chi connectivity index (χ0) is 15.8. The number of hydrogen-bond donors (Lipinski definition) is 1. The van der Waals surface area contributed by atoms with Crippen LogP contribution >= 0.6 is 0 Å². The summed E-state index contributed by atoms with van der Waals surface area (Å²) >= 11 is 0. The van der Waals surface area contributed by atoms with Gasteiger partial charge in [-0.05, 0) is 17.7 Å². The predicted molar refractivity (Wildman–Crippen MR) is 51.9 cm³/mol. The lowest BCUT2D eigenvalue weighted by molar-refractivity contribution is -0.358. The monoisotopic (exact) mass is 308 g/mol. The van der Waals surface area contributed by atoms with Gasteiger partial charge in [-0.3, -0.25) is 0 Å². The molecule has 114 valence electrons. The van der Waals surface area contributed by atoms with Crippen molar-refractivity contribution >= 4 is 0 Å². The number of aliphatic hydroxyl groups is 1. The third-order valence-corrected chi connectivity index (χ3v) is 2.50. The van der Waals surface area contributed by atoms with Crippen LogP contribution in [-0.2, 0) is 0 Å². The Labute approximate surface area is 107 Å². The minimum Gasteiger partial charge on any atom is -0.388 e. The molecule has 1 atom stereocenters. The molecule has 0 heterocycles. The molecule has 0 saturated carbocycles. The fourth-order valence-electron chi connectivity index (χ4n) is 1.41. The van der Waals surface area contributed by atoms with Gasteiger partial charge < -0.3 is 5.11 Å². The van der Waals surface area contributed by atoms with Crippen LogP contribution in [0.3, 0.4) is 0 Å². The lowest BCUT2D eigenvalue weighted by Gasteiger charge is -2.29. The number of halogens is 8. The number of benzene rings is 1. The highest BCUT2D eigenvalue weighted by Crippen LogP contribution is 2.49. The van der Waals surface area contributed by atoms with Crippen LogP contribution in [0, 0.1) is 5.82 Å². The van der Waals surface area contributed by atoms with E-state index >= 15 is 0 Å². The molecule has 0 spiro atoms. The molecular formula is C11H8F8O. The number of alkyl halides is 7. The molecule has 0 aliphatic heterocycles. The average Bonchev–Trinajstić information content (AvgIpc) is 2.26. The van der Waals surface area contributed by atoms with E-state index in [2.05, 4.69) is 0 Å². The Kier molecular flexibility index (Phi) is 4.33. The standard InChI is InChI=1S/C11H8F8O/c12-7-3-1-2-6(4-7)8(20)5-9(13,14)10(15,16)11(17,18)19/h1-4,8,20H,5H2. The van der Waals surface area contributed by atoms with Crippen LogP contribution in [0.15, 0.2) is 24.3 Å². The Morgan fingerprint density at radius 2 is 1.55 bits per heavy atom. The van der Waals surface area contributed by atoms with Gasteiger partial charge in [0.1, 0.15) is 5.82 Å². The molecule has 1 N–H and O–H groups in total. The topological polar surface area (TPSA) is 20.2 Å². The molecule has 1 unspecified atom stereocenters.